The molecule has 0 atom stereocenters. The summed E-state index contributed by atoms with van der Waals surface area (Å²) in [7, 11) is 0. The molecule has 1 aliphatic heterocycles. The molecule has 0 bridgehead atoms. The fourth-order valence-corrected chi connectivity index (χ4v) is 3.83. The van der Waals surface area contributed by atoms with Crippen molar-refractivity contribution in [1.29, 1.82) is 0 Å². The second-order valence-corrected chi connectivity index (χ2v) is 7.11. The summed E-state index contributed by atoms with van der Waals surface area (Å²) in [5, 5.41) is 2.93. The minimum absolute atomic E-state index is 0.200. The van der Waals surface area contributed by atoms with Crippen molar-refractivity contribution < 1.29 is 4.79 Å². The number of fused-ring (bicyclic) bond motifs is 1. The third-order valence-corrected chi connectivity index (χ3v) is 5.43. The van der Waals surface area contributed by atoms with Crippen LogP contribution in [0.4, 0.5) is 22.7 Å². The van der Waals surface area contributed by atoms with Crippen molar-refractivity contribution in [3.8, 4) is 0 Å². The van der Waals surface area contributed by atoms with Gasteiger partial charge >= 0.3 is 0 Å². The van der Waals surface area contributed by atoms with Gasteiger partial charge in [-0.05, 0) is 68.3 Å². The van der Waals surface area contributed by atoms with Gasteiger partial charge in [-0.3, -0.25) is 4.79 Å². The Hall–Kier alpha value is -3.34. The van der Waals surface area contributed by atoms with Crippen LogP contribution in [-0.2, 0) is 6.42 Å². The molecule has 0 radical (unpaired) electrons. The average Bonchev–Trinajstić information content (AvgIpc) is 3.20. The number of benzene rings is 2. The van der Waals surface area contributed by atoms with Crippen LogP contribution in [0.3, 0.4) is 0 Å². The van der Waals surface area contributed by atoms with Crippen molar-refractivity contribution >= 4 is 28.7 Å². The Morgan fingerprint density at radius 1 is 1.03 bits per heavy atom. The summed E-state index contributed by atoms with van der Waals surface area (Å²) in [6, 6.07) is 20.1. The zero-order valence-corrected chi connectivity index (χ0v) is 16.9. The summed E-state index contributed by atoms with van der Waals surface area (Å²) >= 11 is 0. The van der Waals surface area contributed by atoms with Gasteiger partial charge in [0.1, 0.15) is 5.69 Å². The van der Waals surface area contributed by atoms with Gasteiger partial charge in [0.25, 0.3) is 5.91 Å². The molecule has 0 fully saturated rings. The fourth-order valence-electron chi connectivity index (χ4n) is 3.83. The number of amides is 1. The lowest BCUT2D eigenvalue weighted by Crippen LogP contribution is -2.21. The molecule has 148 valence electrons. The van der Waals surface area contributed by atoms with E-state index in [0.717, 1.165) is 43.1 Å². The number of anilines is 4. The van der Waals surface area contributed by atoms with E-state index in [1.165, 1.54) is 11.3 Å². The van der Waals surface area contributed by atoms with E-state index >= 15 is 0 Å². The zero-order valence-electron chi connectivity index (χ0n) is 16.9. The van der Waals surface area contributed by atoms with Crippen molar-refractivity contribution in [2.24, 2.45) is 0 Å². The molecule has 5 nitrogen and oxygen atoms in total. The van der Waals surface area contributed by atoms with Crippen molar-refractivity contribution in [3.05, 3.63) is 78.1 Å². The van der Waals surface area contributed by atoms with Gasteiger partial charge in [0, 0.05) is 36.7 Å². The molecule has 2 aromatic carbocycles. The van der Waals surface area contributed by atoms with Gasteiger partial charge < -0.3 is 15.1 Å². The van der Waals surface area contributed by atoms with Gasteiger partial charge in [0.15, 0.2) is 0 Å². The maximum atomic E-state index is 12.6. The van der Waals surface area contributed by atoms with Crippen LogP contribution in [0.1, 0.15) is 29.9 Å². The van der Waals surface area contributed by atoms with E-state index in [1.54, 1.807) is 12.3 Å². The van der Waals surface area contributed by atoms with Crippen LogP contribution in [0.25, 0.3) is 0 Å². The van der Waals surface area contributed by atoms with Crippen molar-refractivity contribution in [3.63, 3.8) is 0 Å². The molecule has 0 aliphatic carbocycles. The van der Waals surface area contributed by atoms with E-state index in [-0.39, 0.29) is 5.91 Å². The Balaban J connectivity index is 1.44. The molecule has 29 heavy (non-hydrogen) atoms. The second-order valence-electron chi connectivity index (χ2n) is 7.11. The first-order chi connectivity index (χ1) is 14.2. The second kappa shape index (κ2) is 8.35. The molecule has 1 amide bonds. The van der Waals surface area contributed by atoms with E-state index in [1.807, 2.05) is 30.3 Å². The number of hydrogen-bond donors (Lipinski definition) is 1. The lowest BCUT2D eigenvalue weighted by Gasteiger charge is -2.21. The van der Waals surface area contributed by atoms with Crippen molar-refractivity contribution in [2.45, 2.75) is 20.3 Å². The highest BCUT2D eigenvalue weighted by atomic mass is 16.1. The van der Waals surface area contributed by atoms with Crippen LogP contribution in [0.2, 0.25) is 0 Å². The molecule has 0 saturated heterocycles. The number of rotatable bonds is 6. The minimum atomic E-state index is -0.200. The largest absolute Gasteiger partial charge is 0.372 e. The number of hydrogen-bond acceptors (Lipinski definition) is 4. The molecule has 1 aromatic heterocycles. The SMILES string of the molecule is CCN(CC)c1ccc(NC(=O)c2ccc(N3CCc4ccccc43)cn2)cc1. The smallest absolute Gasteiger partial charge is 0.274 e. The normalized spacial score (nSPS) is 12.6. The summed E-state index contributed by atoms with van der Waals surface area (Å²) in [6.45, 7) is 7.12. The molecular weight excluding hydrogens is 360 g/mol. The molecule has 1 N–H and O–H groups in total. The van der Waals surface area contributed by atoms with Crippen LogP contribution in [-0.4, -0.2) is 30.5 Å². The highest BCUT2D eigenvalue weighted by Crippen LogP contribution is 2.33. The number of carbonyl (C=O) groups excluding carboxylic acids is 1. The van der Waals surface area contributed by atoms with Crippen LogP contribution in [0, 0.1) is 0 Å². The van der Waals surface area contributed by atoms with Gasteiger partial charge in [0.05, 0.1) is 11.9 Å². The summed E-state index contributed by atoms with van der Waals surface area (Å²) < 4.78 is 0. The lowest BCUT2D eigenvalue weighted by atomic mass is 10.2. The van der Waals surface area contributed by atoms with Crippen LogP contribution in [0.5, 0.6) is 0 Å². The maximum Gasteiger partial charge on any atom is 0.274 e. The fraction of sp³-hybridized carbons (Fsp3) is 0.250. The van der Waals surface area contributed by atoms with E-state index in [2.05, 4.69) is 58.2 Å². The molecular formula is C24H26N4O. The van der Waals surface area contributed by atoms with Crippen LogP contribution in [0.15, 0.2) is 66.9 Å². The molecule has 5 heteroatoms. The van der Waals surface area contributed by atoms with Crippen molar-refractivity contribution in [1.82, 2.24) is 4.98 Å². The number of nitrogens with zero attached hydrogens (tertiary/aromatic N) is 3. The first kappa shape index (κ1) is 19.0. The predicted octanol–water partition coefficient (Wildman–Crippen LogP) is 4.87. The van der Waals surface area contributed by atoms with Crippen LogP contribution >= 0.6 is 0 Å². The predicted molar refractivity (Wildman–Crippen MR) is 119 cm³/mol. The Kier molecular flexibility index (Phi) is 5.47. The average molecular weight is 386 g/mol. The molecule has 1 aliphatic rings. The Morgan fingerprint density at radius 3 is 2.48 bits per heavy atom. The lowest BCUT2D eigenvalue weighted by molar-refractivity contribution is 0.102. The quantitative estimate of drug-likeness (QED) is 0.656. The van der Waals surface area contributed by atoms with E-state index < -0.39 is 0 Å². The molecule has 0 unspecified atom stereocenters. The Labute approximate surface area is 172 Å². The number of para-hydroxylation sites is 1. The molecule has 4 rings (SSSR count). The van der Waals surface area contributed by atoms with Gasteiger partial charge in [-0.15, -0.1) is 0 Å². The first-order valence-corrected chi connectivity index (χ1v) is 10.2. The highest BCUT2D eigenvalue weighted by Gasteiger charge is 2.20. The number of pyridine rings is 1. The maximum absolute atomic E-state index is 12.6. The van der Waals surface area contributed by atoms with E-state index in [9.17, 15) is 4.79 Å². The van der Waals surface area contributed by atoms with E-state index in [4.69, 9.17) is 0 Å². The monoisotopic (exact) mass is 386 g/mol. The third kappa shape index (κ3) is 3.94. The van der Waals surface area contributed by atoms with Gasteiger partial charge in [-0.1, -0.05) is 18.2 Å². The third-order valence-electron chi connectivity index (χ3n) is 5.43. The number of nitrogens with one attached hydrogen (secondary N) is 1. The zero-order chi connectivity index (χ0) is 20.2. The highest BCUT2D eigenvalue weighted by molar-refractivity contribution is 6.03. The molecule has 2 heterocycles. The van der Waals surface area contributed by atoms with Gasteiger partial charge in [0.2, 0.25) is 0 Å². The summed E-state index contributed by atoms with van der Waals surface area (Å²) in [4.78, 5) is 21.5. The standard InChI is InChI=1S/C24H26N4O/c1-3-27(4-2)20-11-9-19(10-12-20)26-24(29)22-14-13-21(17-25-22)28-16-15-18-7-5-6-8-23(18)28/h5-14,17H,3-4,15-16H2,1-2H3,(H,26,29). The Bertz CT molecular complexity index is 979. The molecule has 3 aromatic rings. The van der Waals surface area contributed by atoms with Crippen molar-refractivity contribution in [2.75, 3.05) is 34.8 Å². The summed E-state index contributed by atoms with van der Waals surface area (Å²) in [5.74, 6) is -0.200. The number of aromatic nitrogens is 1. The molecule has 0 spiro atoms. The van der Waals surface area contributed by atoms with E-state index in [0.29, 0.717) is 5.69 Å². The van der Waals surface area contributed by atoms with Gasteiger partial charge in [-0.2, -0.15) is 0 Å². The topological polar surface area (TPSA) is 48.5 Å². The first-order valence-electron chi connectivity index (χ1n) is 10.2. The Morgan fingerprint density at radius 2 is 1.79 bits per heavy atom. The molecule has 0 saturated carbocycles. The van der Waals surface area contributed by atoms with Crippen LogP contribution < -0.4 is 15.1 Å². The summed E-state index contributed by atoms with van der Waals surface area (Å²) in [5.41, 5.74) is 5.91. The number of carbonyl (C=O) groups is 1. The summed E-state index contributed by atoms with van der Waals surface area (Å²) in [6.07, 6.45) is 2.81. The minimum Gasteiger partial charge on any atom is -0.372 e. The van der Waals surface area contributed by atoms with Gasteiger partial charge in [-0.25, -0.2) is 4.98 Å².